The highest BCUT2D eigenvalue weighted by Gasteiger charge is 2.06. The molecule has 0 aromatic rings. The molecule has 2 unspecified atom stereocenters. The lowest BCUT2D eigenvalue weighted by atomic mass is 10.2. The highest BCUT2D eigenvalue weighted by molar-refractivity contribution is 5.78. The minimum Gasteiger partial charge on any atom is -0.377 e. The van der Waals surface area contributed by atoms with Crippen molar-refractivity contribution in [3.63, 3.8) is 0 Å². The average molecular weight is 230 g/mol. The summed E-state index contributed by atoms with van der Waals surface area (Å²) in [5.41, 5.74) is 0. The number of rotatable bonds is 9. The first-order valence-corrected chi connectivity index (χ1v) is 6.21. The molecule has 0 bridgehead atoms. The Labute approximate surface area is 99.1 Å². The van der Waals surface area contributed by atoms with Gasteiger partial charge in [0.05, 0.1) is 12.6 Å². The molecule has 4 nitrogen and oxygen atoms in total. The lowest BCUT2D eigenvalue weighted by Gasteiger charge is -2.15. The van der Waals surface area contributed by atoms with Gasteiger partial charge in [-0.3, -0.25) is 4.79 Å². The molecule has 0 heterocycles. The molecule has 2 atom stereocenters. The van der Waals surface area contributed by atoms with Crippen LogP contribution in [-0.2, 0) is 9.53 Å². The Morgan fingerprint density at radius 3 is 2.56 bits per heavy atom. The molecule has 0 aliphatic carbocycles. The second-order valence-electron chi connectivity index (χ2n) is 4.15. The summed E-state index contributed by atoms with van der Waals surface area (Å²) in [6.45, 7) is 9.90. The number of nitrogens with one attached hydrogen (secondary N) is 2. The molecule has 0 aromatic carbocycles. The molecule has 96 valence electrons. The number of amides is 1. The van der Waals surface area contributed by atoms with Crippen LogP contribution in [0, 0.1) is 0 Å². The van der Waals surface area contributed by atoms with Crippen LogP contribution in [0.1, 0.15) is 40.5 Å². The van der Waals surface area contributed by atoms with Crippen LogP contribution in [0.2, 0.25) is 0 Å². The highest BCUT2D eigenvalue weighted by atomic mass is 16.5. The Bertz CT molecular complexity index is 186. The lowest BCUT2D eigenvalue weighted by Crippen LogP contribution is -2.40. The highest BCUT2D eigenvalue weighted by Crippen LogP contribution is 1.93. The summed E-state index contributed by atoms with van der Waals surface area (Å²) in [6.07, 6.45) is 2.28. The Kier molecular flexibility index (Phi) is 9.24. The van der Waals surface area contributed by atoms with Gasteiger partial charge in [-0.2, -0.15) is 0 Å². The van der Waals surface area contributed by atoms with Crippen LogP contribution in [0.5, 0.6) is 0 Å². The summed E-state index contributed by atoms with van der Waals surface area (Å²) in [5.74, 6) is 0.0599. The molecule has 0 saturated heterocycles. The maximum Gasteiger partial charge on any atom is 0.234 e. The van der Waals surface area contributed by atoms with E-state index in [1.165, 1.54) is 0 Å². The van der Waals surface area contributed by atoms with E-state index < -0.39 is 0 Å². The van der Waals surface area contributed by atoms with Gasteiger partial charge in [0.2, 0.25) is 5.91 Å². The molecule has 0 rings (SSSR count). The van der Waals surface area contributed by atoms with Gasteiger partial charge in [-0.25, -0.2) is 0 Å². The van der Waals surface area contributed by atoms with E-state index in [2.05, 4.69) is 17.6 Å². The quantitative estimate of drug-likeness (QED) is 0.628. The summed E-state index contributed by atoms with van der Waals surface area (Å²) in [6, 6.07) is 0.267. The molecule has 4 heteroatoms. The van der Waals surface area contributed by atoms with E-state index in [0.717, 1.165) is 12.8 Å². The maximum atomic E-state index is 11.5. The summed E-state index contributed by atoms with van der Waals surface area (Å²) in [4.78, 5) is 11.5. The predicted octanol–water partition coefficient (Wildman–Crippen LogP) is 1.31. The molecule has 0 spiro atoms. The fraction of sp³-hybridized carbons (Fsp3) is 0.917. The molecule has 2 N–H and O–H groups in total. The smallest absolute Gasteiger partial charge is 0.234 e. The third-order valence-electron chi connectivity index (χ3n) is 2.30. The molecule has 16 heavy (non-hydrogen) atoms. The SMILES string of the molecule is CCCC(C)NC(=O)CNCC(C)OCC. The van der Waals surface area contributed by atoms with Crippen molar-refractivity contribution in [2.24, 2.45) is 0 Å². The molecule has 0 aromatic heterocycles. The molecule has 0 aliphatic rings. The van der Waals surface area contributed by atoms with Gasteiger partial charge in [0.1, 0.15) is 0 Å². The Morgan fingerprint density at radius 1 is 1.31 bits per heavy atom. The van der Waals surface area contributed by atoms with Crippen LogP contribution in [0.25, 0.3) is 0 Å². The topological polar surface area (TPSA) is 50.4 Å². The zero-order valence-corrected chi connectivity index (χ0v) is 11.0. The van der Waals surface area contributed by atoms with Crippen molar-refractivity contribution in [1.82, 2.24) is 10.6 Å². The molecule has 0 fully saturated rings. The minimum absolute atomic E-state index is 0.0599. The zero-order valence-electron chi connectivity index (χ0n) is 11.0. The Balaban J connectivity index is 3.50. The molecule has 0 saturated carbocycles. The van der Waals surface area contributed by atoms with E-state index in [1.54, 1.807) is 0 Å². The van der Waals surface area contributed by atoms with Crippen molar-refractivity contribution in [1.29, 1.82) is 0 Å². The fourth-order valence-electron chi connectivity index (χ4n) is 1.56. The number of carbonyl (C=O) groups is 1. The van der Waals surface area contributed by atoms with Gasteiger partial charge in [-0.05, 0) is 27.2 Å². The standard InChI is InChI=1S/C12H26N2O2/c1-5-7-10(3)14-12(15)9-13-8-11(4)16-6-2/h10-11,13H,5-9H2,1-4H3,(H,14,15). The van der Waals surface area contributed by atoms with E-state index in [-0.39, 0.29) is 18.1 Å². The van der Waals surface area contributed by atoms with Gasteiger partial charge < -0.3 is 15.4 Å². The van der Waals surface area contributed by atoms with Crippen molar-refractivity contribution in [3.05, 3.63) is 0 Å². The number of carbonyl (C=O) groups excluding carboxylic acids is 1. The Morgan fingerprint density at radius 2 is 2.00 bits per heavy atom. The minimum atomic E-state index is 0.0599. The predicted molar refractivity (Wildman–Crippen MR) is 66.5 cm³/mol. The van der Waals surface area contributed by atoms with Crippen LogP contribution in [0.4, 0.5) is 0 Å². The summed E-state index contributed by atoms with van der Waals surface area (Å²) in [5, 5.41) is 6.02. The first kappa shape index (κ1) is 15.4. The summed E-state index contributed by atoms with van der Waals surface area (Å²) >= 11 is 0. The van der Waals surface area contributed by atoms with Crippen molar-refractivity contribution in [3.8, 4) is 0 Å². The van der Waals surface area contributed by atoms with Gasteiger partial charge in [0, 0.05) is 19.2 Å². The summed E-state index contributed by atoms with van der Waals surface area (Å²) in [7, 11) is 0. The molecule has 1 amide bonds. The van der Waals surface area contributed by atoms with Crippen molar-refractivity contribution in [2.75, 3.05) is 19.7 Å². The molecular weight excluding hydrogens is 204 g/mol. The molecule has 0 aliphatic heterocycles. The number of hydrogen-bond donors (Lipinski definition) is 2. The van der Waals surface area contributed by atoms with Crippen LogP contribution in [0.15, 0.2) is 0 Å². The van der Waals surface area contributed by atoms with E-state index in [0.29, 0.717) is 19.7 Å². The van der Waals surface area contributed by atoms with Gasteiger partial charge >= 0.3 is 0 Å². The van der Waals surface area contributed by atoms with Crippen LogP contribution < -0.4 is 10.6 Å². The van der Waals surface area contributed by atoms with Gasteiger partial charge in [0.15, 0.2) is 0 Å². The average Bonchev–Trinajstić information content (AvgIpc) is 2.18. The third kappa shape index (κ3) is 8.68. The number of hydrogen-bond acceptors (Lipinski definition) is 3. The van der Waals surface area contributed by atoms with Crippen LogP contribution in [-0.4, -0.2) is 37.7 Å². The molecular formula is C12H26N2O2. The van der Waals surface area contributed by atoms with Gasteiger partial charge in [-0.15, -0.1) is 0 Å². The van der Waals surface area contributed by atoms with Gasteiger partial charge in [0.25, 0.3) is 0 Å². The largest absolute Gasteiger partial charge is 0.377 e. The van der Waals surface area contributed by atoms with Crippen molar-refractivity contribution in [2.45, 2.75) is 52.7 Å². The fourth-order valence-corrected chi connectivity index (χ4v) is 1.56. The van der Waals surface area contributed by atoms with E-state index in [1.807, 2.05) is 20.8 Å². The molecule has 0 radical (unpaired) electrons. The normalized spacial score (nSPS) is 14.5. The van der Waals surface area contributed by atoms with Crippen LogP contribution >= 0.6 is 0 Å². The van der Waals surface area contributed by atoms with E-state index in [9.17, 15) is 4.79 Å². The van der Waals surface area contributed by atoms with Crippen molar-refractivity contribution < 1.29 is 9.53 Å². The first-order chi connectivity index (χ1) is 7.60. The third-order valence-corrected chi connectivity index (χ3v) is 2.30. The van der Waals surface area contributed by atoms with E-state index in [4.69, 9.17) is 4.74 Å². The maximum absolute atomic E-state index is 11.5. The van der Waals surface area contributed by atoms with E-state index >= 15 is 0 Å². The first-order valence-electron chi connectivity index (χ1n) is 6.21. The Hall–Kier alpha value is -0.610. The van der Waals surface area contributed by atoms with Crippen LogP contribution in [0.3, 0.4) is 0 Å². The second kappa shape index (κ2) is 9.60. The second-order valence-corrected chi connectivity index (χ2v) is 4.15. The lowest BCUT2D eigenvalue weighted by molar-refractivity contribution is -0.120. The number of ether oxygens (including phenoxy) is 1. The zero-order chi connectivity index (χ0) is 12.4. The van der Waals surface area contributed by atoms with Crippen molar-refractivity contribution >= 4 is 5.91 Å². The van der Waals surface area contributed by atoms with Gasteiger partial charge in [-0.1, -0.05) is 13.3 Å². The summed E-state index contributed by atoms with van der Waals surface area (Å²) < 4.78 is 5.35. The monoisotopic (exact) mass is 230 g/mol.